The summed E-state index contributed by atoms with van der Waals surface area (Å²) >= 11 is 0. The zero-order valence-electron chi connectivity index (χ0n) is 13.5. The van der Waals surface area contributed by atoms with Crippen LogP contribution in [0.1, 0.15) is 64.2 Å². The average molecular weight is 333 g/mol. The van der Waals surface area contributed by atoms with Crippen LogP contribution in [0.15, 0.2) is 0 Å². The second kappa shape index (κ2) is 13.8. The summed E-state index contributed by atoms with van der Waals surface area (Å²) in [6.07, 6.45) is 11.8. The molecule has 0 aromatic rings. The first-order valence-corrected chi connectivity index (χ1v) is 10.9. The number of carbonyl (C=O) groups excluding carboxylic acids is 1. The zero-order chi connectivity index (χ0) is 15.2. The Morgan fingerprint density at radius 2 is 1.81 bits per heavy atom. The van der Waals surface area contributed by atoms with E-state index < -0.39 is 0 Å². The fraction of sp³-hybridized carbons (Fsp3) is 0.938. The summed E-state index contributed by atoms with van der Waals surface area (Å²) in [6.45, 7) is 1.98. The van der Waals surface area contributed by atoms with Crippen LogP contribution < -0.4 is 10.6 Å². The molecule has 1 amide bonds. The lowest BCUT2D eigenvalue weighted by atomic mass is 10.1. The summed E-state index contributed by atoms with van der Waals surface area (Å²) in [5.41, 5.74) is 0. The van der Waals surface area contributed by atoms with Crippen LogP contribution >= 0.6 is 21.6 Å². The first kappa shape index (κ1) is 19.2. The molecule has 0 radical (unpaired) electrons. The topological polar surface area (TPSA) is 41.1 Å². The van der Waals surface area contributed by atoms with Gasteiger partial charge in [0.05, 0.1) is 0 Å². The van der Waals surface area contributed by atoms with Gasteiger partial charge in [0.1, 0.15) is 0 Å². The molecule has 0 bridgehead atoms. The van der Waals surface area contributed by atoms with Crippen LogP contribution in [-0.4, -0.2) is 37.0 Å². The van der Waals surface area contributed by atoms with Crippen LogP contribution in [0.5, 0.6) is 0 Å². The standard InChI is InChI=1S/C16H32N2OS2/c1-17-12-7-3-2-4-8-13-18-16(19)10-6-5-9-15-11-14-20-21-15/h15,17H,2-14H2,1H3,(H,18,19). The summed E-state index contributed by atoms with van der Waals surface area (Å²) in [7, 11) is 6.04. The van der Waals surface area contributed by atoms with E-state index in [1.54, 1.807) is 0 Å². The molecule has 1 aliphatic heterocycles. The molecule has 2 N–H and O–H groups in total. The van der Waals surface area contributed by atoms with Gasteiger partial charge in [0.25, 0.3) is 0 Å². The molecule has 0 aromatic carbocycles. The third kappa shape index (κ3) is 11.4. The van der Waals surface area contributed by atoms with Crippen LogP contribution in [0.25, 0.3) is 0 Å². The first-order valence-electron chi connectivity index (χ1n) is 8.52. The Kier molecular flexibility index (Phi) is 12.6. The van der Waals surface area contributed by atoms with E-state index in [9.17, 15) is 4.79 Å². The maximum Gasteiger partial charge on any atom is 0.219 e. The number of hydrogen-bond donors (Lipinski definition) is 2. The molecule has 1 rings (SSSR count). The van der Waals surface area contributed by atoms with Crippen LogP contribution in [0, 0.1) is 0 Å². The van der Waals surface area contributed by atoms with Gasteiger partial charge in [-0.15, -0.1) is 0 Å². The molecule has 1 fully saturated rings. The average Bonchev–Trinajstić information content (AvgIpc) is 3.00. The molecule has 0 saturated carbocycles. The van der Waals surface area contributed by atoms with Crippen molar-refractivity contribution in [3.63, 3.8) is 0 Å². The number of unbranched alkanes of at least 4 members (excludes halogenated alkanes) is 5. The summed E-state index contributed by atoms with van der Waals surface area (Å²) in [5.74, 6) is 1.56. The maximum atomic E-state index is 11.7. The third-order valence-electron chi connectivity index (χ3n) is 3.83. The van der Waals surface area contributed by atoms with Crippen LogP contribution in [-0.2, 0) is 4.79 Å². The summed E-state index contributed by atoms with van der Waals surface area (Å²) in [6, 6.07) is 0. The highest BCUT2D eigenvalue weighted by atomic mass is 33.1. The minimum atomic E-state index is 0.249. The molecular weight excluding hydrogens is 300 g/mol. The molecular formula is C16H32N2OS2. The minimum absolute atomic E-state index is 0.249. The van der Waals surface area contributed by atoms with Crippen LogP contribution in [0.4, 0.5) is 0 Å². The normalized spacial score (nSPS) is 18.0. The van der Waals surface area contributed by atoms with Gasteiger partial charge in [-0.05, 0) is 45.7 Å². The molecule has 21 heavy (non-hydrogen) atoms. The van der Waals surface area contributed by atoms with E-state index in [0.29, 0.717) is 6.42 Å². The van der Waals surface area contributed by atoms with Crippen molar-refractivity contribution in [3.8, 4) is 0 Å². The van der Waals surface area contributed by atoms with Crippen molar-refractivity contribution >= 4 is 27.5 Å². The summed E-state index contributed by atoms with van der Waals surface area (Å²) in [5, 5.41) is 7.07. The van der Waals surface area contributed by atoms with Gasteiger partial charge in [0, 0.05) is 24.0 Å². The van der Waals surface area contributed by atoms with Gasteiger partial charge in [0.15, 0.2) is 0 Å². The van der Waals surface area contributed by atoms with Crippen molar-refractivity contribution in [1.29, 1.82) is 0 Å². The Labute approximate surface area is 138 Å². The summed E-state index contributed by atoms with van der Waals surface area (Å²) < 4.78 is 0. The van der Waals surface area contributed by atoms with E-state index in [2.05, 4.69) is 10.6 Å². The molecule has 0 aliphatic carbocycles. The lowest BCUT2D eigenvalue weighted by molar-refractivity contribution is -0.121. The summed E-state index contributed by atoms with van der Waals surface area (Å²) in [4.78, 5) is 11.7. The van der Waals surface area contributed by atoms with E-state index in [-0.39, 0.29) is 5.91 Å². The van der Waals surface area contributed by atoms with Crippen molar-refractivity contribution in [2.24, 2.45) is 0 Å². The zero-order valence-corrected chi connectivity index (χ0v) is 15.1. The number of hydrogen-bond acceptors (Lipinski definition) is 4. The number of rotatable bonds is 13. The highest BCUT2D eigenvalue weighted by molar-refractivity contribution is 8.77. The van der Waals surface area contributed by atoms with Crippen molar-refractivity contribution in [1.82, 2.24) is 10.6 Å². The minimum Gasteiger partial charge on any atom is -0.356 e. The van der Waals surface area contributed by atoms with Crippen molar-refractivity contribution in [2.75, 3.05) is 25.9 Å². The van der Waals surface area contributed by atoms with Gasteiger partial charge in [0.2, 0.25) is 5.91 Å². The van der Waals surface area contributed by atoms with Gasteiger partial charge in [-0.1, -0.05) is 47.3 Å². The molecule has 0 spiro atoms. The van der Waals surface area contributed by atoms with Gasteiger partial charge >= 0.3 is 0 Å². The molecule has 124 valence electrons. The van der Waals surface area contributed by atoms with Crippen molar-refractivity contribution in [2.45, 2.75) is 69.5 Å². The maximum absolute atomic E-state index is 11.7. The fourth-order valence-electron chi connectivity index (χ4n) is 2.50. The molecule has 5 heteroatoms. The number of nitrogens with one attached hydrogen (secondary N) is 2. The Hall–Kier alpha value is 0.130. The van der Waals surface area contributed by atoms with Crippen molar-refractivity contribution in [3.05, 3.63) is 0 Å². The second-order valence-electron chi connectivity index (χ2n) is 5.80. The van der Waals surface area contributed by atoms with Crippen molar-refractivity contribution < 1.29 is 4.79 Å². The molecule has 0 aromatic heterocycles. The monoisotopic (exact) mass is 332 g/mol. The third-order valence-corrected chi connectivity index (χ3v) is 6.84. The first-order chi connectivity index (χ1) is 10.3. The predicted molar refractivity (Wildman–Crippen MR) is 96.9 cm³/mol. The lowest BCUT2D eigenvalue weighted by Gasteiger charge is -2.07. The van der Waals surface area contributed by atoms with E-state index >= 15 is 0 Å². The van der Waals surface area contributed by atoms with E-state index in [1.807, 2.05) is 28.6 Å². The number of amides is 1. The predicted octanol–water partition coefficient (Wildman–Crippen LogP) is 3.99. The SMILES string of the molecule is CNCCCCCCCNC(=O)CCCCC1CCSS1. The largest absolute Gasteiger partial charge is 0.356 e. The molecule has 1 atom stereocenters. The Morgan fingerprint density at radius 3 is 2.52 bits per heavy atom. The molecule has 3 nitrogen and oxygen atoms in total. The lowest BCUT2D eigenvalue weighted by Crippen LogP contribution is -2.24. The smallest absolute Gasteiger partial charge is 0.219 e. The molecule has 1 saturated heterocycles. The van der Waals surface area contributed by atoms with Crippen LogP contribution in [0.3, 0.4) is 0 Å². The quantitative estimate of drug-likeness (QED) is 0.395. The Balaban J connectivity index is 1.78. The van der Waals surface area contributed by atoms with E-state index in [1.165, 1.54) is 50.7 Å². The van der Waals surface area contributed by atoms with Crippen LogP contribution in [0.2, 0.25) is 0 Å². The molecule has 1 heterocycles. The number of carbonyl (C=O) groups is 1. The van der Waals surface area contributed by atoms with Gasteiger partial charge in [-0.2, -0.15) is 0 Å². The Bertz CT molecular complexity index is 259. The fourth-order valence-corrected chi connectivity index (χ4v) is 5.52. The highest BCUT2D eigenvalue weighted by Crippen LogP contribution is 2.39. The molecule has 1 unspecified atom stereocenters. The highest BCUT2D eigenvalue weighted by Gasteiger charge is 2.15. The van der Waals surface area contributed by atoms with Gasteiger partial charge in [-0.25, -0.2) is 0 Å². The Morgan fingerprint density at radius 1 is 1.05 bits per heavy atom. The van der Waals surface area contributed by atoms with Gasteiger partial charge < -0.3 is 10.6 Å². The van der Waals surface area contributed by atoms with Gasteiger partial charge in [-0.3, -0.25) is 4.79 Å². The van der Waals surface area contributed by atoms with E-state index in [4.69, 9.17) is 0 Å². The second-order valence-corrected chi connectivity index (χ2v) is 8.58. The van der Waals surface area contributed by atoms with E-state index in [0.717, 1.165) is 31.2 Å². The molecule has 1 aliphatic rings.